The number of pyridine rings is 1. The number of aromatic nitrogens is 1. The first-order chi connectivity index (χ1) is 10.2. The average Bonchev–Trinajstić information content (AvgIpc) is 2.50. The van der Waals surface area contributed by atoms with Crippen LogP contribution in [-0.4, -0.2) is 4.98 Å². The third kappa shape index (κ3) is 2.89. The number of halogens is 2. The van der Waals surface area contributed by atoms with Crippen LogP contribution >= 0.6 is 27.5 Å². The second-order valence-corrected chi connectivity index (χ2v) is 5.96. The molecular formula is C17H13BrClNO. The van der Waals surface area contributed by atoms with E-state index in [0.29, 0.717) is 11.8 Å². The zero-order chi connectivity index (χ0) is 14.8. The van der Waals surface area contributed by atoms with Crippen LogP contribution in [0.2, 0.25) is 0 Å². The molecule has 0 bridgehead atoms. The van der Waals surface area contributed by atoms with E-state index in [1.165, 1.54) is 0 Å². The smallest absolute Gasteiger partial charge is 0.227 e. The Morgan fingerprint density at radius 2 is 1.90 bits per heavy atom. The van der Waals surface area contributed by atoms with Gasteiger partial charge in [0.15, 0.2) is 0 Å². The largest absolute Gasteiger partial charge is 0.438 e. The molecule has 0 amide bonds. The first-order valence-electron chi connectivity index (χ1n) is 6.55. The summed E-state index contributed by atoms with van der Waals surface area (Å²) in [6.45, 7) is 2.01. The highest BCUT2D eigenvalue weighted by atomic mass is 79.9. The number of rotatable bonds is 3. The Balaban J connectivity index is 2.09. The molecule has 3 aromatic rings. The molecule has 3 rings (SSSR count). The number of aryl methyl sites for hydroxylation is 1. The standard InChI is InChI=1S/C17H13BrClNO/c1-11-8-13(18)6-7-16(11)21-17-15-5-3-2-4-14(15)12(9-19)10-20-17/h2-8,10H,9H2,1H3. The first kappa shape index (κ1) is 14.4. The Bertz CT molecular complexity index is 804. The molecule has 0 aliphatic carbocycles. The highest BCUT2D eigenvalue weighted by Crippen LogP contribution is 2.32. The molecule has 1 heterocycles. The summed E-state index contributed by atoms with van der Waals surface area (Å²) in [5.41, 5.74) is 2.06. The lowest BCUT2D eigenvalue weighted by molar-refractivity contribution is 0.465. The third-order valence-corrected chi connectivity index (χ3v) is 4.11. The Hall–Kier alpha value is -1.58. The number of ether oxygens (including phenoxy) is 1. The Morgan fingerprint density at radius 3 is 2.62 bits per heavy atom. The average molecular weight is 363 g/mol. The summed E-state index contributed by atoms with van der Waals surface area (Å²) in [5.74, 6) is 1.84. The minimum absolute atomic E-state index is 0.436. The molecule has 0 saturated heterocycles. The fraction of sp³-hybridized carbons (Fsp3) is 0.118. The minimum atomic E-state index is 0.436. The van der Waals surface area contributed by atoms with Gasteiger partial charge in [0.1, 0.15) is 5.75 Å². The van der Waals surface area contributed by atoms with Crippen molar-refractivity contribution in [1.29, 1.82) is 0 Å². The molecular weight excluding hydrogens is 350 g/mol. The van der Waals surface area contributed by atoms with Gasteiger partial charge in [-0.2, -0.15) is 0 Å². The van der Waals surface area contributed by atoms with E-state index in [1.54, 1.807) is 6.20 Å². The molecule has 0 N–H and O–H groups in total. The van der Waals surface area contributed by atoms with Crippen molar-refractivity contribution >= 4 is 38.3 Å². The molecule has 0 aliphatic rings. The van der Waals surface area contributed by atoms with Gasteiger partial charge in [0.25, 0.3) is 0 Å². The van der Waals surface area contributed by atoms with Gasteiger partial charge in [0.05, 0.1) is 0 Å². The van der Waals surface area contributed by atoms with Crippen LogP contribution in [0, 0.1) is 6.92 Å². The van der Waals surface area contributed by atoms with Crippen molar-refractivity contribution in [3.8, 4) is 11.6 Å². The Morgan fingerprint density at radius 1 is 1.14 bits per heavy atom. The van der Waals surface area contributed by atoms with Crippen LogP contribution in [-0.2, 0) is 5.88 Å². The Labute approximate surface area is 136 Å². The van der Waals surface area contributed by atoms with Gasteiger partial charge in [-0.1, -0.05) is 34.1 Å². The van der Waals surface area contributed by atoms with E-state index in [9.17, 15) is 0 Å². The molecule has 0 aliphatic heterocycles. The fourth-order valence-corrected chi connectivity index (χ4v) is 2.93. The van der Waals surface area contributed by atoms with Crippen molar-refractivity contribution in [3.63, 3.8) is 0 Å². The molecule has 0 radical (unpaired) electrons. The van der Waals surface area contributed by atoms with Crippen LogP contribution in [0.25, 0.3) is 10.8 Å². The van der Waals surface area contributed by atoms with E-state index < -0.39 is 0 Å². The number of nitrogens with zero attached hydrogens (tertiary/aromatic N) is 1. The van der Waals surface area contributed by atoms with Crippen molar-refractivity contribution in [2.45, 2.75) is 12.8 Å². The second-order valence-electron chi connectivity index (χ2n) is 4.78. The summed E-state index contributed by atoms with van der Waals surface area (Å²) in [7, 11) is 0. The maximum atomic E-state index is 6.00. The molecule has 0 atom stereocenters. The Kier molecular flexibility index (Phi) is 4.13. The van der Waals surface area contributed by atoms with E-state index in [0.717, 1.165) is 32.1 Å². The van der Waals surface area contributed by atoms with Gasteiger partial charge in [0.2, 0.25) is 5.88 Å². The highest BCUT2D eigenvalue weighted by molar-refractivity contribution is 9.10. The third-order valence-electron chi connectivity index (χ3n) is 3.33. The topological polar surface area (TPSA) is 22.1 Å². The number of fused-ring (bicyclic) bond motifs is 1. The van der Waals surface area contributed by atoms with E-state index in [4.69, 9.17) is 16.3 Å². The van der Waals surface area contributed by atoms with Crippen LogP contribution < -0.4 is 4.74 Å². The lowest BCUT2D eigenvalue weighted by atomic mass is 10.1. The van der Waals surface area contributed by atoms with Gasteiger partial charge in [-0.3, -0.25) is 0 Å². The van der Waals surface area contributed by atoms with Crippen molar-refractivity contribution in [3.05, 3.63) is 64.3 Å². The molecule has 0 unspecified atom stereocenters. The number of hydrogen-bond donors (Lipinski definition) is 0. The summed E-state index contributed by atoms with van der Waals surface area (Å²) in [4.78, 5) is 4.42. The summed E-state index contributed by atoms with van der Waals surface area (Å²) in [6, 6.07) is 13.9. The molecule has 1 aromatic heterocycles. The molecule has 0 fully saturated rings. The van der Waals surface area contributed by atoms with E-state index in [-0.39, 0.29) is 0 Å². The van der Waals surface area contributed by atoms with Gasteiger partial charge in [-0.05, 0) is 47.7 Å². The molecule has 4 heteroatoms. The lowest BCUT2D eigenvalue weighted by Crippen LogP contribution is -1.94. The molecule has 106 valence electrons. The summed E-state index contributed by atoms with van der Waals surface area (Å²) in [5, 5.41) is 2.05. The van der Waals surface area contributed by atoms with Crippen molar-refractivity contribution in [1.82, 2.24) is 4.98 Å². The van der Waals surface area contributed by atoms with Crippen LogP contribution in [0.3, 0.4) is 0 Å². The second kappa shape index (κ2) is 6.04. The monoisotopic (exact) mass is 361 g/mol. The summed E-state index contributed by atoms with van der Waals surface area (Å²) >= 11 is 9.43. The SMILES string of the molecule is Cc1cc(Br)ccc1Oc1ncc(CCl)c2ccccc12. The van der Waals surface area contributed by atoms with Gasteiger partial charge < -0.3 is 4.74 Å². The minimum Gasteiger partial charge on any atom is -0.438 e. The van der Waals surface area contributed by atoms with Crippen LogP contribution in [0.4, 0.5) is 0 Å². The number of benzene rings is 2. The van der Waals surface area contributed by atoms with Gasteiger partial charge >= 0.3 is 0 Å². The molecule has 0 spiro atoms. The van der Waals surface area contributed by atoms with E-state index in [1.807, 2.05) is 49.4 Å². The maximum Gasteiger partial charge on any atom is 0.227 e. The van der Waals surface area contributed by atoms with Crippen LogP contribution in [0.15, 0.2) is 53.1 Å². The number of hydrogen-bond acceptors (Lipinski definition) is 2. The van der Waals surface area contributed by atoms with Gasteiger partial charge in [-0.15, -0.1) is 11.6 Å². The van der Waals surface area contributed by atoms with Gasteiger partial charge in [-0.25, -0.2) is 4.98 Å². The quantitative estimate of drug-likeness (QED) is 0.546. The predicted octanol–water partition coefficient (Wildman–Crippen LogP) is 5.84. The van der Waals surface area contributed by atoms with Crippen molar-refractivity contribution in [2.75, 3.05) is 0 Å². The molecule has 0 saturated carbocycles. The van der Waals surface area contributed by atoms with Crippen LogP contribution in [0.1, 0.15) is 11.1 Å². The zero-order valence-corrected chi connectivity index (χ0v) is 13.8. The first-order valence-corrected chi connectivity index (χ1v) is 7.88. The van der Waals surface area contributed by atoms with Crippen molar-refractivity contribution < 1.29 is 4.74 Å². The maximum absolute atomic E-state index is 6.00. The highest BCUT2D eigenvalue weighted by Gasteiger charge is 2.10. The van der Waals surface area contributed by atoms with Crippen molar-refractivity contribution in [2.24, 2.45) is 0 Å². The normalized spacial score (nSPS) is 10.8. The van der Waals surface area contributed by atoms with Gasteiger partial charge in [0, 0.05) is 21.9 Å². The van der Waals surface area contributed by atoms with E-state index in [2.05, 4.69) is 20.9 Å². The molecule has 2 aromatic carbocycles. The van der Waals surface area contributed by atoms with E-state index >= 15 is 0 Å². The summed E-state index contributed by atoms with van der Waals surface area (Å²) in [6.07, 6.45) is 1.78. The van der Waals surface area contributed by atoms with Crippen LogP contribution in [0.5, 0.6) is 11.6 Å². The lowest BCUT2D eigenvalue weighted by Gasteiger charge is -2.12. The number of alkyl halides is 1. The summed E-state index contributed by atoms with van der Waals surface area (Å²) < 4.78 is 7.03. The zero-order valence-electron chi connectivity index (χ0n) is 11.4. The fourth-order valence-electron chi connectivity index (χ4n) is 2.24. The predicted molar refractivity (Wildman–Crippen MR) is 90.3 cm³/mol. The molecule has 21 heavy (non-hydrogen) atoms. The molecule has 2 nitrogen and oxygen atoms in total.